The van der Waals surface area contributed by atoms with Crippen molar-refractivity contribution in [2.24, 2.45) is 0 Å². The molecule has 0 spiro atoms. The van der Waals surface area contributed by atoms with Crippen molar-refractivity contribution in [3.05, 3.63) is 54.1 Å². The third-order valence-electron chi connectivity index (χ3n) is 4.93. The number of carbonyl (C=O) groups excluding carboxylic acids is 3. The first kappa shape index (κ1) is 22.5. The molecule has 1 aliphatic heterocycles. The summed E-state index contributed by atoms with van der Waals surface area (Å²) in [5.74, 6) is -1.95. The van der Waals surface area contributed by atoms with Crippen LogP contribution in [0.4, 0.5) is 11.4 Å². The van der Waals surface area contributed by atoms with E-state index < -0.39 is 32.5 Å². The van der Waals surface area contributed by atoms with Gasteiger partial charge in [0.05, 0.1) is 5.69 Å². The summed E-state index contributed by atoms with van der Waals surface area (Å²) in [7, 11) is -4.06. The van der Waals surface area contributed by atoms with Crippen molar-refractivity contribution in [2.45, 2.75) is 25.5 Å². The van der Waals surface area contributed by atoms with Crippen LogP contribution >= 0.6 is 0 Å². The lowest BCUT2D eigenvalue weighted by atomic mass is 10.1. The van der Waals surface area contributed by atoms with Crippen LogP contribution in [0.5, 0.6) is 5.75 Å². The molecule has 164 valence electrons. The predicted molar refractivity (Wildman–Crippen MR) is 117 cm³/mol. The summed E-state index contributed by atoms with van der Waals surface area (Å²) in [6, 6.07) is 13.0. The van der Waals surface area contributed by atoms with Gasteiger partial charge < -0.3 is 15.0 Å². The van der Waals surface area contributed by atoms with Gasteiger partial charge in [-0.05, 0) is 43.7 Å². The maximum absolute atomic E-state index is 12.9. The van der Waals surface area contributed by atoms with E-state index >= 15 is 0 Å². The number of ether oxygens (including phenoxy) is 1. The van der Waals surface area contributed by atoms with Crippen LogP contribution in [0.25, 0.3) is 0 Å². The highest BCUT2D eigenvalue weighted by Crippen LogP contribution is 2.33. The molecule has 0 bridgehead atoms. The van der Waals surface area contributed by atoms with Gasteiger partial charge in [0.1, 0.15) is 16.8 Å². The van der Waals surface area contributed by atoms with Crippen molar-refractivity contribution in [3.8, 4) is 5.75 Å². The number of amides is 2. The van der Waals surface area contributed by atoms with Gasteiger partial charge in [-0.15, -0.1) is 0 Å². The molecule has 0 aliphatic carbocycles. The second-order valence-electron chi connectivity index (χ2n) is 7.24. The van der Waals surface area contributed by atoms with Crippen LogP contribution in [0.1, 0.15) is 30.6 Å². The average Bonchev–Trinajstić information content (AvgIpc) is 2.74. The van der Waals surface area contributed by atoms with Crippen molar-refractivity contribution in [2.75, 3.05) is 29.1 Å². The average molecular weight is 445 g/mol. The summed E-state index contributed by atoms with van der Waals surface area (Å²) in [6.45, 7) is 3.56. The number of nitrogens with zero attached hydrogens (tertiary/aromatic N) is 1. The van der Waals surface area contributed by atoms with Crippen molar-refractivity contribution in [1.29, 1.82) is 0 Å². The fourth-order valence-corrected chi connectivity index (χ4v) is 4.40. The normalized spacial score (nSPS) is 14.4. The zero-order valence-corrected chi connectivity index (χ0v) is 18.1. The van der Waals surface area contributed by atoms with Gasteiger partial charge in [0.2, 0.25) is 5.91 Å². The Kier molecular flexibility index (Phi) is 6.74. The third-order valence-corrected chi connectivity index (χ3v) is 6.89. The number of carbonyl (C=O) groups is 3. The molecule has 31 heavy (non-hydrogen) atoms. The van der Waals surface area contributed by atoms with Gasteiger partial charge in [-0.1, -0.05) is 25.1 Å². The number of sulfone groups is 1. The molecule has 0 saturated heterocycles. The lowest BCUT2D eigenvalue weighted by Crippen LogP contribution is -2.39. The lowest BCUT2D eigenvalue weighted by molar-refractivity contribution is -0.121. The predicted octanol–water partition coefficient (Wildman–Crippen LogP) is 2.45. The van der Waals surface area contributed by atoms with E-state index in [0.29, 0.717) is 30.1 Å². The molecule has 0 fully saturated rings. The summed E-state index contributed by atoms with van der Waals surface area (Å²) >= 11 is 0. The minimum absolute atomic E-state index is 0.0817. The molecule has 8 nitrogen and oxygen atoms in total. The van der Waals surface area contributed by atoms with Crippen LogP contribution in [0, 0.1) is 0 Å². The Morgan fingerprint density at radius 3 is 2.55 bits per heavy atom. The molecular formula is C22H24N2O6S. The van der Waals surface area contributed by atoms with Gasteiger partial charge in [-0.2, -0.15) is 0 Å². The van der Waals surface area contributed by atoms with Gasteiger partial charge in [0.15, 0.2) is 22.2 Å². The Balaban J connectivity index is 1.77. The highest BCUT2D eigenvalue weighted by atomic mass is 32.2. The number of benzene rings is 2. The van der Waals surface area contributed by atoms with E-state index in [2.05, 4.69) is 5.32 Å². The maximum atomic E-state index is 12.9. The highest BCUT2D eigenvalue weighted by Gasteiger charge is 2.32. The number of hydrogen-bond acceptors (Lipinski definition) is 6. The number of para-hydroxylation sites is 1. The molecule has 1 heterocycles. The first-order valence-corrected chi connectivity index (χ1v) is 11.6. The van der Waals surface area contributed by atoms with E-state index in [-0.39, 0.29) is 18.1 Å². The molecule has 1 N–H and O–H groups in total. The van der Waals surface area contributed by atoms with E-state index in [0.717, 1.165) is 0 Å². The van der Waals surface area contributed by atoms with Crippen molar-refractivity contribution < 1.29 is 27.5 Å². The Bertz CT molecular complexity index is 1100. The zero-order valence-electron chi connectivity index (χ0n) is 17.3. The number of ketones is 1. The van der Waals surface area contributed by atoms with Gasteiger partial charge in [-0.25, -0.2) is 8.42 Å². The summed E-state index contributed by atoms with van der Waals surface area (Å²) in [6.07, 6.45) is 0.713. The van der Waals surface area contributed by atoms with Crippen LogP contribution in [0.3, 0.4) is 0 Å². The molecule has 0 saturated carbocycles. The zero-order chi connectivity index (χ0) is 22.6. The van der Waals surface area contributed by atoms with Gasteiger partial charge in [0.25, 0.3) is 5.91 Å². The van der Waals surface area contributed by atoms with Crippen LogP contribution < -0.4 is 15.0 Å². The molecule has 1 atom stereocenters. The van der Waals surface area contributed by atoms with Crippen LogP contribution in [0.15, 0.2) is 48.5 Å². The highest BCUT2D eigenvalue weighted by molar-refractivity contribution is 7.93. The number of rotatable bonds is 8. The monoisotopic (exact) mass is 444 g/mol. The van der Waals surface area contributed by atoms with Gasteiger partial charge in [-0.3, -0.25) is 14.4 Å². The fourth-order valence-electron chi connectivity index (χ4n) is 3.25. The summed E-state index contributed by atoms with van der Waals surface area (Å²) in [5, 5.41) is 1.08. The Hall–Kier alpha value is -3.20. The van der Waals surface area contributed by atoms with Crippen LogP contribution in [-0.2, 0) is 19.4 Å². The Morgan fingerprint density at radius 1 is 1.16 bits per heavy atom. The minimum Gasteiger partial charge on any atom is -0.482 e. The smallest absolute Gasteiger partial charge is 0.265 e. The van der Waals surface area contributed by atoms with E-state index in [9.17, 15) is 22.8 Å². The first-order chi connectivity index (χ1) is 14.7. The van der Waals surface area contributed by atoms with Crippen molar-refractivity contribution in [3.63, 3.8) is 0 Å². The first-order valence-electron chi connectivity index (χ1n) is 9.91. The largest absolute Gasteiger partial charge is 0.482 e. The standard InChI is InChI=1S/C22H24N2O6S/c1-3-11-24-18-12-16(9-10-19(18)30-13-21(24)26)22(27)15(2)31(28,29)14-20(25)23-17-7-5-4-6-8-17/h4-10,12,15H,3,11,13-14H2,1-2H3,(H,23,25). The maximum Gasteiger partial charge on any atom is 0.265 e. The molecule has 9 heteroatoms. The number of hydrogen-bond donors (Lipinski definition) is 1. The van der Waals surface area contributed by atoms with Gasteiger partial charge in [0, 0.05) is 17.8 Å². The molecule has 3 rings (SSSR count). The third kappa shape index (κ3) is 5.11. The molecule has 2 aromatic rings. The van der Waals surface area contributed by atoms with E-state index in [1.54, 1.807) is 36.4 Å². The summed E-state index contributed by atoms with van der Waals surface area (Å²) in [5.41, 5.74) is 1.05. The molecule has 2 aromatic carbocycles. The quantitative estimate of drug-likeness (QED) is 0.627. The second kappa shape index (κ2) is 9.30. The SMILES string of the molecule is CCCN1C(=O)COc2ccc(C(=O)C(C)S(=O)(=O)CC(=O)Nc3ccccc3)cc21. The van der Waals surface area contributed by atoms with E-state index in [1.807, 2.05) is 6.92 Å². The Morgan fingerprint density at radius 2 is 1.87 bits per heavy atom. The van der Waals surface area contributed by atoms with E-state index in [1.165, 1.54) is 24.0 Å². The minimum atomic E-state index is -4.06. The number of nitrogens with one attached hydrogen (secondary N) is 1. The molecule has 0 radical (unpaired) electrons. The molecular weight excluding hydrogens is 420 g/mol. The molecule has 2 amide bonds. The number of fused-ring (bicyclic) bond motifs is 1. The molecule has 1 aliphatic rings. The number of Topliss-reactive ketones (excluding diaryl/α,β-unsaturated/α-hetero) is 1. The van der Waals surface area contributed by atoms with Crippen molar-refractivity contribution in [1.82, 2.24) is 0 Å². The molecule has 1 unspecified atom stereocenters. The van der Waals surface area contributed by atoms with Gasteiger partial charge >= 0.3 is 0 Å². The molecule has 0 aromatic heterocycles. The summed E-state index contributed by atoms with van der Waals surface area (Å²) < 4.78 is 30.8. The van der Waals surface area contributed by atoms with Crippen LogP contribution in [0.2, 0.25) is 0 Å². The topological polar surface area (TPSA) is 110 Å². The van der Waals surface area contributed by atoms with Crippen LogP contribution in [-0.4, -0.2) is 50.2 Å². The second-order valence-corrected chi connectivity index (χ2v) is 9.57. The van der Waals surface area contributed by atoms with Crippen molar-refractivity contribution >= 4 is 38.8 Å². The fraction of sp³-hybridized carbons (Fsp3) is 0.318. The Labute approximate surface area is 181 Å². The van der Waals surface area contributed by atoms with E-state index in [4.69, 9.17) is 4.74 Å². The summed E-state index contributed by atoms with van der Waals surface area (Å²) in [4.78, 5) is 38.8. The number of anilines is 2. The lowest BCUT2D eigenvalue weighted by Gasteiger charge is -2.29.